The second-order valence-electron chi connectivity index (χ2n) is 21.3. The molecule has 0 radical (unpaired) electrons. The Balaban J connectivity index is -0.000000205. The molecule has 0 aliphatic heterocycles. The molecule has 67 heavy (non-hydrogen) atoms. The van der Waals surface area contributed by atoms with Gasteiger partial charge in [-0.1, -0.05) is 61.8 Å². The first kappa shape index (κ1) is 80.5. The molecule has 0 atom stereocenters. The second kappa shape index (κ2) is 38.1. The van der Waals surface area contributed by atoms with Gasteiger partial charge in [-0.25, -0.2) is 14.4 Å². The van der Waals surface area contributed by atoms with E-state index in [-0.39, 0.29) is 80.8 Å². The van der Waals surface area contributed by atoms with Crippen molar-refractivity contribution in [1.82, 2.24) is 0 Å². The quantitative estimate of drug-likeness (QED) is 0.0195. The number of rotatable bonds is 33. The molecule has 404 valence electrons. The molecule has 0 bridgehead atoms. The number of nitrogens with zero attached hydrogens (tertiary/aromatic N) is 2. The fraction of sp³-hybridized carbons (Fsp3) is 0.812. The molecule has 0 amide bonds. The molecule has 0 spiro atoms. The van der Waals surface area contributed by atoms with Crippen molar-refractivity contribution >= 4 is 59.7 Å². The van der Waals surface area contributed by atoms with Gasteiger partial charge >= 0.3 is 26.5 Å². The van der Waals surface area contributed by atoms with E-state index in [0.29, 0.717) is 43.1 Å². The number of esters is 3. The average Bonchev–Trinajstić information content (AvgIpc) is 3.08. The fourth-order valence-electron chi connectivity index (χ4n) is 7.03. The molecule has 0 unspecified atom stereocenters. The molecule has 0 N–H and O–H groups in total. The third-order valence-corrected chi connectivity index (χ3v) is 29.3. The predicted octanol–water partition coefficient (Wildman–Crippen LogP) is 5.96. The van der Waals surface area contributed by atoms with Crippen LogP contribution in [0.25, 0.3) is 0 Å². The topological polar surface area (TPSA) is 116 Å². The number of hydrogen-bond acceptors (Lipinski definition) is 10. The summed E-state index contributed by atoms with van der Waals surface area (Å²) in [7, 11) is -0.331. The van der Waals surface area contributed by atoms with Crippen molar-refractivity contribution in [2.24, 2.45) is 0 Å². The maximum absolute atomic E-state index is 11.6. The molecule has 0 aromatic heterocycles. The second-order valence-corrected chi connectivity index (χ2v) is 42.6. The van der Waals surface area contributed by atoms with Crippen LogP contribution >= 0.6 is 0 Å². The Labute approximate surface area is 441 Å². The molecular weight excluding hydrogens is 1060 g/mol. The van der Waals surface area contributed by atoms with Crippen molar-refractivity contribution in [3.63, 3.8) is 0 Å². The van der Waals surface area contributed by atoms with Gasteiger partial charge in [0.05, 0.1) is 47.9 Å². The minimum absolute atomic E-state index is 0. The van der Waals surface area contributed by atoms with Gasteiger partial charge < -0.3 is 74.2 Å². The van der Waals surface area contributed by atoms with Crippen LogP contribution in [0.15, 0.2) is 36.5 Å². The van der Waals surface area contributed by atoms with Gasteiger partial charge in [-0.15, -0.1) is 0 Å². The summed E-state index contributed by atoms with van der Waals surface area (Å²) in [5.74, 6) is -0.988. The van der Waals surface area contributed by atoms with Crippen molar-refractivity contribution in [1.29, 1.82) is 0 Å². The van der Waals surface area contributed by atoms with Crippen LogP contribution in [-0.2, 0) is 45.7 Å². The Morgan fingerprint density at radius 1 is 0.433 bits per heavy atom. The highest BCUT2D eigenvalue weighted by molar-refractivity contribution is 6.88. The van der Waals surface area contributed by atoms with Gasteiger partial charge in [0.2, 0.25) is 0 Å². The summed E-state index contributed by atoms with van der Waals surface area (Å²) in [6.07, 6.45) is 5.63. The van der Waals surface area contributed by atoms with Crippen LogP contribution in [-0.4, -0.2) is 156 Å². The van der Waals surface area contributed by atoms with Gasteiger partial charge in [0.1, 0.15) is 32.9 Å². The molecule has 0 aliphatic rings. The van der Waals surface area contributed by atoms with E-state index in [1.54, 1.807) is 20.8 Å². The Kier molecular flexibility index (Phi) is 45.8. The molecule has 0 saturated carbocycles. The summed E-state index contributed by atoms with van der Waals surface area (Å²) in [4.78, 5) is 34.4. The molecule has 19 heteroatoms. The highest BCUT2D eigenvalue weighted by Crippen LogP contribution is 2.27. The van der Waals surface area contributed by atoms with E-state index < -0.39 is 41.8 Å². The van der Waals surface area contributed by atoms with E-state index >= 15 is 0 Å². The number of ether oxygens (including phenoxy) is 4. The molecule has 12 nitrogen and oxygen atoms in total. The number of carbonyl (C=O) groups is 3. The lowest BCUT2D eigenvalue weighted by Crippen LogP contribution is -3.00. The van der Waals surface area contributed by atoms with Crippen LogP contribution < -0.4 is 34.0 Å². The molecule has 0 rings (SSSR count). The fourth-order valence-corrected chi connectivity index (χ4v) is 30.1. The number of hydrogen-bond donors (Lipinski definition) is 0. The first-order valence-electron chi connectivity index (χ1n) is 22.9. The predicted molar refractivity (Wildman–Crippen MR) is 291 cm³/mol. The summed E-state index contributed by atoms with van der Waals surface area (Å²) >= 11 is 0. The lowest BCUT2D eigenvalue weighted by molar-refractivity contribution is -0.890. The van der Waals surface area contributed by atoms with E-state index in [2.05, 4.69) is 120 Å². The highest BCUT2D eigenvalue weighted by atomic mass is 79.9. The van der Waals surface area contributed by atoms with Crippen molar-refractivity contribution in [3.8, 4) is 0 Å². The lowest BCUT2D eigenvalue weighted by Gasteiger charge is -2.38. The number of unbranched alkanes of at least 4 members (excludes halogenated alkanes) is 1. The number of likely N-dealkylation sites (N-methyl/N-ethyl adjacent to an activating group) is 2. The molecule has 0 aromatic rings. The largest absolute Gasteiger partial charge is 1.00 e. The highest BCUT2D eigenvalue weighted by Gasteiger charge is 2.39. The minimum atomic E-state index is -2.11. The average molecular weight is 1170 g/mol. The summed E-state index contributed by atoms with van der Waals surface area (Å²) < 4.78 is 42.7. The molecule has 0 aliphatic carbocycles. The van der Waals surface area contributed by atoms with Gasteiger partial charge in [-0.3, -0.25) is 0 Å². The van der Waals surface area contributed by atoms with Gasteiger partial charge in [0, 0.05) is 23.3 Å². The van der Waals surface area contributed by atoms with Gasteiger partial charge in [-0.05, 0) is 130 Å². The van der Waals surface area contributed by atoms with Crippen molar-refractivity contribution in [2.75, 3.05) is 87.4 Å². The van der Waals surface area contributed by atoms with Gasteiger partial charge in [0.15, 0.2) is 33.3 Å². The van der Waals surface area contributed by atoms with E-state index in [1.807, 2.05) is 0 Å². The Hall–Kier alpha value is -0.566. The number of carbonyl (C=O) groups excluding carboxylic acids is 3. The molecular formula is C48H108Br2N2O10Si5. The smallest absolute Gasteiger partial charge is 0.333 e. The molecule has 0 fully saturated rings. The standard InChI is InChI=1S/C26H54N2O5Si2.C19H42O5Si3.3CH4.2BrH/c1-23(2)25(29)31-19-17-27(5,6)15-13-21-34(9,10)33-35(11,12)22-14-16-28(7,8)18-20-32-26(30)24(3)4;1-10-11-16-25(4,5)23-27(8,9)24-26(6,7)17-12-13-21-14-15-22-19(20)18(2)3;;;;;/h1,3,13-22H2,2,4-12H3;2,10-17H2,1,3-9H3;3*1H4;2*1H/q+2;;;;;;/p-2. The molecule has 0 heterocycles. The normalized spacial score (nSPS) is 11.9. The van der Waals surface area contributed by atoms with E-state index in [4.69, 9.17) is 31.3 Å². The zero-order valence-electron chi connectivity index (χ0n) is 44.1. The van der Waals surface area contributed by atoms with Crippen molar-refractivity contribution in [3.05, 3.63) is 36.5 Å². The Bertz CT molecular complexity index is 1350. The first-order valence-corrected chi connectivity index (χ1v) is 38.2. The van der Waals surface area contributed by atoms with Crippen LogP contribution in [0.2, 0.25) is 89.6 Å². The third kappa shape index (κ3) is 46.3. The molecule has 0 saturated heterocycles. The zero-order chi connectivity index (χ0) is 48.6. The zero-order valence-corrected chi connectivity index (χ0v) is 52.3. The van der Waals surface area contributed by atoms with E-state index in [1.165, 1.54) is 18.9 Å². The summed E-state index contributed by atoms with van der Waals surface area (Å²) in [5, 5.41) is 0. The lowest BCUT2D eigenvalue weighted by atomic mass is 10.3. The van der Waals surface area contributed by atoms with Crippen molar-refractivity contribution in [2.45, 2.75) is 172 Å². The van der Waals surface area contributed by atoms with Crippen molar-refractivity contribution < 1.29 is 88.6 Å². The SMILES string of the molecule is C.C.C.C=C(C)C(=O)OCCOCCC[Si](C)(C)O[Si](C)(C)O[Si](C)(C)CCCC.C=C(C)C(=O)OCC[N+](C)(C)CCC[Si](C)(C)O[Si](C)(C)CCC[N+](C)(C)CCOC(=O)C(=C)C.[Br-].[Br-]. The van der Waals surface area contributed by atoms with Crippen LogP contribution in [0.5, 0.6) is 0 Å². The summed E-state index contributed by atoms with van der Waals surface area (Å²) in [6, 6.07) is 4.50. The number of quaternary nitrogens is 2. The first-order chi connectivity index (χ1) is 28.1. The number of halogens is 2. The van der Waals surface area contributed by atoms with E-state index in [0.717, 1.165) is 72.5 Å². The van der Waals surface area contributed by atoms with E-state index in [9.17, 15) is 14.4 Å². The van der Waals surface area contributed by atoms with Crippen LogP contribution in [0.4, 0.5) is 0 Å². The third-order valence-electron chi connectivity index (χ3n) is 10.2. The monoisotopic (exact) mass is 1170 g/mol. The Morgan fingerprint density at radius 2 is 0.731 bits per heavy atom. The molecule has 0 aromatic carbocycles. The van der Waals surface area contributed by atoms with Crippen LogP contribution in [0, 0.1) is 0 Å². The van der Waals surface area contributed by atoms with Crippen LogP contribution in [0.3, 0.4) is 0 Å². The Morgan fingerprint density at radius 3 is 1.06 bits per heavy atom. The van der Waals surface area contributed by atoms with Gasteiger partial charge in [0.25, 0.3) is 0 Å². The maximum Gasteiger partial charge on any atom is 0.333 e. The summed E-state index contributed by atoms with van der Waals surface area (Å²) in [6.45, 7) is 46.7. The summed E-state index contributed by atoms with van der Waals surface area (Å²) in [5.41, 5.74) is 1.30. The van der Waals surface area contributed by atoms with Crippen LogP contribution in [0.1, 0.15) is 82.1 Å². The van der Waals surface area contributed by atoms with Gasteiger partial charge in [-0.2, -0.15) is 0 Å². The maximum atomic E-state index is 11.6. The minimum Gasteiger partial charge on any atom is -1.00 e.